The lowest BCUT2D eigenvalue weighted by Gasteiger charge is -2.40. The van der Waals surface area contributed by atoms with E-state index in [1.807, 2.05) is 0 Å². The summed E-state index contributed by atoms with van der Waals surface area (Å²) in [4.78, 5) is 2.67. The van der Waals surface area contributed by atoms with Gasteiger partial charge in [0, 0.05) is 25.2 Å². The molecule has 1 saturated heterocycles. The van der Waals surface area contributed by atoms with Crippen molar-refractivity contribution in [2.24, 2.45) is 11.7 Å². The first-order chi connectivity index (χ1) is 8.67. The highest BCUT2D eigenvalue weighted by Crippen LogP contribution is 2.22. The van der Waals surface area contributed by atoms with E-state index >= 15 is 0 Å². The zero-order valence-corrected chi connectivity index (χ0v) is 12.8. The molecule has 0 amide bonds. The smallest absolute Gasteiger partial charge is 0.0170 e. The van der Waals surface area contributed by atoms with Crippen molar-refractivity contribution in [1.29, 1.82) is 0 Å². The lowest BCUT2D eigenvalue weighted by Crippen LogP contribution is -2.50. The van der Waals surface area contributed by atoms with E-state index in [4.69, 9.17) is 5.73 Å². The predicted molar refractivity (Wildman–Crippen MR) is 80.8 cm³/mol. The number of likely N-dealkylation sites (tertiary alicyclic amines) is 1. The highest BCUT2D eigenvalue weighted by molar-refractivity contribution is 4.83. The van der Waals surface area contributed by atoms with E-state index in [0.29, 0.717) is 6.04 Å². The van der Waals surface area contributed by atoms with E-state index in [1.54, 1.807) is 0 Å². The maximum Gasteiger partial charge on any atom is 0.0170 e. The van der Waals surface area contributed by atoms with Crippen LogP contribution in [0.15, 0.2) is 0 Å². The van der Waals surface area contributed by atoms with Crippen LogP contribution in [-0.4, -0.2) is 30.1 Å². The molecule has 0 aromatic heterocycles. The van der Waals surface area contributed by atoms with Crippen LogP contribution in [-0.2, 0) is 0 Å². The minimum absolute atomic E-state index is 0.405. The first-order valence-corrected chi connectivity index (χ1v) is 8.17. The molecule has 1 aliphatic heterocycles. The molecule has 1 heterocycles. The van der Waals surface area contributed by atoms with Crippen LogP contribution in [0.3, 0.4) is 0 Å². The van der Waals surface area contributed by atoms with Gasteiger partial charge in [-0.3, -0.25) is 4.90 Å². The Morgan fingerprint density at radius 3 is 2.44 bits per heavy atom. The van der Waals surface area contributed by atoms with Gasteiger partial charge >= 0.3 is 0 Å². The van der Waals surface area contributed by atoms with Crippen molar-refractivity contribution >= 4 is 0 Å². The Hall–Kier alpha value is -0.0800. The molecule has 0 aliphatic carbocycles. The quantitative estimate of drug-likeness (QED) is 0.668. The fraction of sp³-hybridized carbons (Fsp3) is 1.00. The molecule has 2 heteroatoms. The maximum atomic E-state index is 6.16. The molecule has 2 nitrogen and oxygen atoms in total. The summed E-state index contributed by atoms with van der Waals surface area (Å²) in [7, 11) is 0. The molecular formula is C16H34N2. The van der Waals surface area contributed by atoms with Crippen molar-refractivity contribution in [3.05, 3.63) is 0 Å². The van der Waals surface area contributed by atoms with Gasteiger partial charge in [-0.15, -0.1) is 0 Å². The van der Waals surface area contributed by atoms with E-state index in [9.17, 15) is 0 Å². The Bertz CT molecular complexity index is 195. The number of nitrogens with two attached hydrogens (primary N) is 1. The van der Waals surface area contributed by atoms with E-state index in [0.717, 1.165) is 18.5 Å². The Labute approximate surface area is 114 Å². The topological polar surface area (TPSA) is 29.3 Å². The minimum atomic E-state index is 0.405. The Morgan fingerprint density at radius 2 is 1.83 bits per heavy atom. The van der Waals surface area contributed by atoms with Gasteiger partial charge in [-0.1, -0.05) is 52.9 Å². The summed E-state index contributed by atoms with van der Waals surface area (Å²) in [5.74, 6) is 0.780. The molecule has 2 N–H and O–H groups in total. The van der Waals surface area contributed by atoms with Crippen molar-refractivity contribution in [3.8, 4) is 0 Å². The largest absolute Gasteiger partial charge is 0.327 e. The van der Waals surface area contributed by atoms with Crippen LogP contribution < -0.4 is 5.73 Å². The average molecular weight is 254 g/mol. The van der Waals surface area contributed by atoms with Crippen LogP contribution in [0, 0.1) is 5.92 Å². The van der Waals surface area contributed by atoms with Crippen molar-refractivity contribution in [2.75, 3.05) is 13.1 Å². The fourth-order valence-electron chi connectivity index (χ4n) is 3.37. The number of unbranched alkanes of at least 4 members (excludes halogenated alkanes) is 4. The van der Waals surface area contributed by atoms with Gasteiger partial charge in [-0.2, -0.15) is 0 Å². The van der Waals surface area contributed by atoms with Crippen molar-refractivity contribution in [2.45, 2.75) is 84.2 Å². The van der Waals surface area contributed by atoms with Crippen LogP contribution in [0.1, 0.15) is 72.1 Å². The van der Waals surface area contributed by atoms with E-state index in [-0.39, 0.29) is 0 Å². The third-order valence-electron chi connectivity index (χ3n) is 4.35. The third-order valence-corrected chi connectivity index (χ3v) is 4.35. The van der Waals surface area contributed by atoms with E-state index < -0.39 is 0 Å². The summed E-state index contributed by atoms with van der Waals surface area (Å²) in [6, 6.07) is 1.18. The lowest BCUT2D eigenvalue weighted by atomic mass is 9.93. The molecule has 0 aromatic carbocycles. The van der Waals surface area contributed by atoms with Crippen molar-refractivity contribution < 1.29 is 0 Å². The number of hydrogen-bond acceptors (Lipinski definition) is 2. The zero-order valence-electron chi connectivity index (χ0n) is 12.8. The molecule has 108 valence electrons. The fourth-order valence-corrected chi connectivity index (χ4v) is 3.37. The van der Waals surface area contributed by atoms with Gasteiger partial charge < -0.3 is 5.73 Å². The summed E-state index contributed by atoms with van der Waals surface area (Å²) >= 11 is 0. The van der Waals surface area contributed by atoms with Crippen LogP contribution in [0.4, 0.5) is 0 Å². The molecule has 1 aliphatic rings. The SMILES string of the molecule is CCCCCCCC(CC)N1C[C@@H](C)C[C@@H](N)C1. The summed E-state index contributed by atoms with van der Waals surface area (Å²) < 4.78 is 0. The zero-order chi connectivity index (χ0) is 13.4. The van der Waals surface area contributed by atoms with Gasteiger partial charge in [0.15, 0.2) is 0 Å². The molecule has 18 heavy (non-hydrogen) atoms. The molecule has 0 bridgehead atoms. The normalized spacial score (nSPS) is 27.3. The van der Waals surface area contributed by atoms with Gasteiger partial charge in [0.2, 0.25) is 0 Å². The number of piperidine rings is 1. The molecular weight excluding hydrogens is 220 g/mol. The molecule has 1 fully saturated rings. The number of rotatable bonds is 8. The standard InChI is InChI=1S/C16H34N2/c1-4-6-7-8-9-10-16(5-2)18-12-14(3)11-15(17)13-18/h14-16H,4-13,17H2,1-3H3/t14-,15+,16?/m0/s1. The summed E-state index contributed by atoms with van der Waals surface area (Å²) in [5.41, 5.74) is 6.16. The van der Waals surface area contributed by atoms with Gasteiger partial charge in [-0.05, 0) is 25.2 Å². The molecule has 1 rings (SSSR count). The van der Waals surface area contributed by atoms with E-state index in [2.05, 4.69) is 25.7 Å². The monoisotopic (exact) mass is 254 g/mol. The molecule has 0 spiro atoms. The second kappa shape index (κ2) is 8.92. The molecule has 0 radical (unpaired) electrons. The van der Waals surface area contributed by atoms with Gasteiger partial charge in [0.25, 0.3) is 0 Å². The van der Waals surface area contributed by atoms with Crippen LogP contribution >= 0.6 is 0 Å². The van der Waals surface area contributed by atoms with Crippen molar-refractivity contribution in [1.82, 2.24) is 4.90 Å². The van der Waals surface area contributed by atoms with Gasteiger partial charge in [0.1, 0.15) is 0 Å². The minimum Gasteiger partial charge on any atom is -0.327 e. The summed E-state index contributed by atoms with van der Waals surface area (Å²) in [6.07, 6.45) is 10.9. The second-order valence-electron chi connectivity index (χ2n) is 6.32. The van der Waals surface area contributed by atoms with E-state index in [1.165, 1.54) is 57.9 Å². The molecule has 3 atom stereocenters. The summed E-state index contributed by atoms with van der Waals surface area (Å²) in [6.45, 7) is 9.35. The Kier molecular flexibility index (Phi) is 7.92. The number of hydrogen-bond donors (Lipinski definition) is 1. The Balaban J connectivity index is 2.26. The van der Waals surface area contributed by atoms with Crippen LogP contribution in [0.25, 0.3) is 0 Å². The van der Waals surface area contributed by atoms with Gasteiger partial charge in [0.05, 0.1) is 0 Å². The highest BCUT2D eigenvalue weighted by Gasteiger charge is 2.26. The Morgan fingerprint density at radius 1 is 1.11 bits per heavy atom. The molecule has 1 unspecified atom stereocenters. The maximum absolute atomic E-state index is 6.16. The average Bonchev–Trinajstić information content (AvgIpc) is 2.32. The van der Waals surface area contributed by atoms with Crippen LogP contribution in [0.5, 0.6) is 0 Å². The summed E-state index contributed by atoms with van der Waals surface area (Å²) in [5, 5.41) is 0. The third kappa shape index (κ3) is 5.71. The number of nitrogens with zero attached hydrogens (tertiary/aromatic N) is 1. The lowest BCUT2D eigenvalue weighted by molar-refractivity contribution is 0.105. The molecule has 0 aromatic rings. The first-order valence-electron chi connectivity index (χ1n) is 8.17. The highest BCUT2D eigenvalue weighted by atomic mass is 15.2. The predicted octanol–water partition coefficient (Wildman–Crippen LogP) is 3.79. The second-order valence-corrected chi connectivity index (χ2v) is 6.32. The first kappa shape index (κ1) is 16.0. The van der Waals surface area contributed by atoms with Crippen molar-refractivity contribution in [3.63, 3.8) is 0 Å². The van der Waals surface area contributed by atoms with Crippen LogP contribution in [0.2, 0.25) is 0 Å². The molecule has 0 saturated carbocycles. The van der Waals surface area contributed by atoms with Gasteiger partial charge in [-0.25, -0.2) is 0 Å².